The molecule has 1 fully saturated rings. The zero-order valence-corrected chi connectivity index (χ0v) is 19.2. The molecule has 3 aromatic rings. The van der Waals surface area contributed by atoms with Crippen LogP contribution in [0, 0.1) is 18.6 Å². The molecule has 0 aliphatic heterocycles. The van der Waals surface area contributed by atoms with Gasteiger partial charge in [0.1, 0.15) is 0 Å². The summed E-state index contributed by atoms with van der Waals surface area (Å²) in [4.78, 5) is 31.7. The average molecular weight is 436 g/mol. The van der Waals surface area contributed by atoms with E-state index < -0.39 is 0 Å². The predicted octanol–water partition coefficient (Wildman–Crippen LogP) is 5.46. The molecule has 1 amide bonds. The van der Waals surface area contributed by atoms with E-state index in [0.29, 0.717) is 33.8 Å². The number of amides is 1. The number of carbonyl (C=O) groups excluding carboxylic acids is 1. The normalized spacial score (nSPS) is 14.7. The lowest BCUT2D eigenvalue weighted by Gasteiger charge is -2.33. The predicted molar refractivity (Wildman–Crippen MR) is 128 cm³/mol. The third kappa shape index (κ3) is 3.97. The summed E-state index contributed by atoms with van der Waals surface area (Å²) in [6.45, 7) is 6.72. The molecule has 0 saturated heterocycles. The first-order chi connectivity index (χ1) is 14.9. The second kappa shape index (κ2) is 8.79. The Bertz CT molecular complexity index is 1250. The van der Waals surface area contributed by atoms with E-state index in [4.69, 9.17) is 12.2 Å². The van der Waals surface area contributed by atoms with Crippen molar-refractivity contribution in [3.63, 3.8) is 0 Å². The fraction of sp³-hybridized carbons (Fsp3) is 0.400. The van der Waals surface area contributed by atoms with Gasteiger partial charge in [-0.3, -0.25) is 14.2 Å². The van der Waals surface area contributed by atoms with Crippen LogP contribution in [-0.4, -0.2) is 32.9 Å². The highest BCUT2D eigenvalue weighted by Crippen LogP contribution is 2.25. The molecule has 2 aromatic carbocycles. The number of aryl methyl sites for hydroxylation is 1. The average Bonchev–Trinajstić information content (AvgIpc) is 2.77. The SMILES string of the molecule is CCN(C(=O)c1ccc2c(=O)n(-c3cccc(C)c3C)c(=S)[nH]c2c1)C1CCCCC1. The summed E-state index contributed by atoms with van der Waals surface area (Å²) in [5.74, 6) is 0.0225. The summed E-state index contributed by atoms with van der Waals surface area (Å²) in [6, 6.07) is 11.4. The molecule has 1 aromatic heterocycles. The number of hydrogen-bond acceptors (Lipinski definition) is 3. The molecule has 31 heavy (non-hydrogen) atoms. The number of fused-ring (bicyclic) bond motifs is 1. The van der Waals surface area contributed by atoms with Crippen LogP contribution in [0.1, 0.15) is 60.5 Å². The van der Waals surface area contributed by atoms with Crippen LogP contribution in [0.2, 0.25) is 0 Å². The number of carbonyl (C=O) groups is 1. The molecule has 0 atom stereocenters. The number of nitrogens with zero attached hydrogens (tertiary/aromatic N) is 2. The lowest BCUT2D eigenvalue weighted by Crippen LogP contribution is -2.41. The molecule has 0 spiro atoms. The molecule has 1 aliphatic rings. The molecule has 1 N–H and O–H groups in total. The van der Waals surface area contributed by atoms with Crippen molar-refractivity contribution in [3.05, 3.63) is 68.2 Å². The van der Waals surface area contributed by atoms with E-state index in [0.717, 1.165) is 29.7 Å². The summed E-state index contributed by atoms with van der Waals surface area (Å²) in [7, 11) is 0. The van der Waals surface area contributed by atoms with Crippen molar-refractivity contribution in [3.8, 4) is 5.69 Å². The first-order valence-corrected chi connectivity index (χ1v) is 11.5. The minimum Gasteiger partial charge on any atom is -0.336 e. The number of aromatic amines is 1. The van der Waals surface area contributed by atoms with E-state index in [1.807, 2.05) is 43.9 Å². The van der Waals surface area contributed by atoms with Crippen LogP contribution in [0.15, 0.2) is 41.2 Å². The Morgan fingerprint density at radius 2 is 1.90 bits per heavy atom. The minimum atomic E-state index is -0.175. The molecule has 6 heteroatoms. The van der Waals surface area contributed by atoms with Crippen LogP contribution in [0.25, 0.3) is 16.6 Å². The second-order valence-corrected chi connectivity index (χ2v) is 8.82. The number of rotatable bonds is 4. The van der Waals surface area contributed by atoms with Gasteiger partial charge in [-0.15, -0.1) is 0 Å². The number of nitrogens with one attached hydrogen (secondary N) is 1. The highest BCUT2D eigenvalue weighted by Gasteiger charge is 2.25. The van der Waals surface area contributed by atoms with E-state index in [1.54, 1.807) is 22.8 Å². The topological polar surface area (TPSA) is 58.1 Å². The van der Waals surface area contributed by atoms with Gasteiger partial charge in [0.15, 0.2) is 4.77 Å². The molecule has 1 heterocycles. The van der Waals surface area contributed by atoms with Gasteiger partial charge in [0.05, 0.1) is 16.6 Å². The number of aromatic nitrogens is 2. The monoisotopic (exact) mass is 435 g/mol. The molecule has 1 aliphatic carbocycles. The summed E-state index contributed by atoms with van der Waals surface area (Å²) >= 11 is 5.55. The van der Waals surface area contributed by atoms with Crippen molar-refractivity contribution in [2.45, 2.75) is 58.9 Å². The second-order valence-electron chi connectivity index (χ2n) is 8.43. The molecule has 0 unspecified atom stereocenters. The van der Waals surface area contributed by atoms with Gasteiger partial charge in [0, 0.05) is 18.2 Å². The number of hydrogen-bond donors (Lipinski definition) is 1. The van der Waals surface area contributed by atoms with Gasteiger partial charge in [0.25, 0.3) is 11.5 Å². The number of benzene rings is 2. The van der Waals surface area contributed by atoms with Gasteiger partial charge in [0.2, 0.25) is 0 Å². The van der Waals surface area contributed by atoms with Crippen molar-refractivity contribution >= 4 is 29.0 Å². The van der Waals surface area contributed by atoms with E-state index in [1.165, 1.54) is 19.3 Å². The zero-order chi connectivity index (χ0) is 22.1. The molecule has 5 nitrogen and oxygen atoms in total. The molecule has 0 radical (unpaired) electrons. The lowest BCUT2D eigenvalue weighted by molar-refractivity contribution is 0.0648. The van der Waals surface area contributed by atoms with E-state index in [-0.39, 0.29) is 11.5 Å². The Morgan fingerprint density at radius 3 is 2.61 bits per heavy atom. The molecule has 0 bridgehead atoms. The first-order valence-electron chi connectivity index (χ1n) is 11.1. The summed E-state index contributed by atoms with van der Waals surface area (Å²) in [5, 5.41) is 0.520. The van der Waals surface area contributed by atoms with Crippen molar-refractivity contribution in [1.82, 2.24) is 14.5 Å². The van der Waals surface area contributed by atoms with Crippen LogP contribution in [-0.2, 0) is 0 Å². The standard InChI is InChI=1S/C25H29N3O2S/c1-4-27(19-10-6-5-7-11-19)23(29)18-13-14-20-21(15-18)26-25(31)28(24(20)30)22-12-8-9-16(2)17(22)3/h8-9,12-15,19H,4-7,10-11H2,1-3H3,(H,26,31). The Kier molecular flexibility index (Phi) is 6.10. The Hall–Kier alpha value is -2.73. The third-order valence-corrected chi connectivity index (χ3v) is 6.86. The Labute approximate surface area is 187 Å². The third-order valence-electron chi connectivity index (χ3n) is 6.58. The first kappa shape index (κ1) is 21.5. The summed E-state index contributed by atoms with van der Waals surface area (Å²) in [5.41, 5.74) is 3.91. The highest BCUT2D eigenvalue weighted by atomic mass is 32.1. The maximum Gasteiger partial charge on any atom is 0.266 e. The van der Waals surface area contributed by atoms with E-state index in [2.05, 4.69) is 4.98 Å². The van der Waals surface area contributed by atoms with Crippen LogP contribution in [0.5, 0.6) is 0 Å². The van der Waals surface area contributed by atoms with Crippen molar-refractivity contribution in [2.75, 3.05) is 6.54 Å². The van der Waals surface area contributed by atoms with Gasteiger partial charge >= 0.3 is 0 Å². The van der Waals surface area contributed by atoms with Gasteiger partial charge < -0.3 is 9.88 Å². The van der Waals surface area contributed by atoms with Crippen molar-refractivity contribution < 1.29 is 4.79 Å². The minimum absolute atomic E-state index is 0.0225. The van der Waals surface area contributed by atoms with Gasteiger partial charge in [-0.25, -0.2) is 0 Å². The van der Waals surface area contributed by atoms with E-state index >= 15 is 0 Å². The van der Waals surface area contributed by atoms with Crippen LogP contribution >= 0.6 is 12.2 Å². The summed E-state index contributed by atoms with van der Waals surface area (Å²) < 4.78 is 1.87. The largest absolute Gasteiger partial charge is 0.336 e. The summed E-state index contributed by atoms with van der Waals surface area (Å²) in [6.07, 6.45) is 5.74. The van der Waals surface area contributed by atoms with Crippen molar-refractivity contribution in [1.29, 1.82) is 0 Å². The van der Waals surface area contributed by atoms with Crippen LogP contribution in [0.4, 0.5) is 0 Å². The quantitative estimate of drug-likeness (QED) is 0.554. The fourth-order valence-corrected chi connectivity index (χ4v) is 4.97. The zero-order valence-electron chi connectivity index (χ0n) is 18.4. The number of H-pyrrole nitrogens is 1. The van der Waals surface area contributed by atoms with E-state index in [9.17, 15) is 9.59 Å². The van der Waals surface area contributed by atoms with Crippen LogP contribution in [0.3, 0.4) is 0 Å². The van der Waals surface area contributed by atoms with Gasteiger partial charge in [-0.1, -0.05) is 31.4 Å². The fourth-order valence-electron chi connectivity index (χ4n) is 4.67. The Morgan fingerprint density at radius 1 is 1.16 bits per heavy atom. The molecule has 1 saturated carbocycles. The lowest BCUT2D eigenvalue weighted by atomic mass is 9.93. The maximum atomic E-state index is 13.3. The molecule has 162 valence electrons. The molecular formula is C25H29N3O2S. The van der Waals surface area contributed by atoms with Crippen molar-refractivity contribution in [2.24, 2.45) is 0 Å². The smallest absolute Gasteiger partial charge is 0.266 e. The van der Waals surface area contributed by atoms with Gasteiger partial charge in [-0.05, 0) is 81.2 Å². The molecule has 4 rings (SSSR count). The van der Waals surface area contributed by atoms with Gasteiger partial charge in [-0.2, -0.15) is 0 Å². The Balaban J connectivity index is 1.77. The highest BCUT2D eigenvalue weighted by molar-refractivity contribution is 7.71. The molecular weight excluding hydrogens is 406 g/mol. The van der Waals surface area contributed by atoms with Crippen LogP contribution < -0.4 is 5.56 Å². The maximum absolute atomic E-state index is 13.3.